The zero-order chi connectivity index (χ0) is 14.9. The molecule has 1 aromatic carbocycles. The number of carboxylic acids is 1. The third-order valence-corrected chi connectivity index (χ3v) is 3.02. The summed E-state index contributed by atoms with van der Waals surface area (Å²) >= 11 is 0. The lowest BCUT2D eigenvalue weighted by Gasteiger charge is -2.13. The van der Waals surface area contributed by atoms with Crippen LogP contribution in [0.2, 0.25) is 0 Å². The van der Waals surface area contributed by atoms with E-state index in [-0.39, 0.29) is 11.5 Å². The minimum Gasteiger partial charge on any atom is -0.497 e. The number of carbonyl (C=O) groups is 1. The van der Waals surface area contributed by atoms with Crippen molar-refractivity contribution >= 4 is 17.0 Å². The zero-order valence-electron chi connectivity index (χ0n) is 11.6. The lowest BCUT2D eigenvalue weighted by molar-refractivity contribution is -0.137. The average Bonchev–Trinajstić information content (AvgIpc) is 2.40. The van der Waals surface area contributed by atoms with Crippen LogP contribution in [-0.4, -0.2) is 27.7 Å². The van der Waals surface area contributed by atoms with Crippen molar-refractivity contribution in [1.29, 1.82) is 0 Å². The fraction of sp³-hybridized carbons (Fsp3) is 0.357. The SMILES string of the molecule is COc1ccc2nc(C(C)C)c(=O)n(CC(=O)O)c2c1. The maximum Gasteiger partial charge on any atom is 0.323 e. The van der Waals surface area contributed by atoms with Crippen molar-refractivity contribution in [2.24, 2.45) is 0 Å². The Kier molecular flexibility index (Phi) is 3.74. The maximum absolute atomic E-state index is 12.4. The monoisotopic (exact) mass is 276 g/mol. The molecule has 1 aromatic heterocycles. The number of methoxy groups -OCH3 is 1. The summed E-state index contributed by atoms with van der Waals surface area (Å²) in [5.41, 5.74) is 1.03. The first-order chi connectivity index (χ1) is 9.43. The quantitative estimate of drug-likeness (QED) is 0.917. The van der Waals surface area contributed by atoms with E-state index in [1.165, 1.54) is 11.7 Å². The van der Waals surface area contributed by atoms with Gasteiger partial charge in [0.05, 0.1) is 18.1 Å². The van der Waals surface area contributed by atoms with Gasteiger partial charge < -0.3 is 9.84 Å². The van der Waals surface area contributed by atoms with Gasteiger partial charge in [0.1, 0.15) is 18.0 Å². The summed E-state index contributed by atoms with van der Waals surface area (Å²) in [4.78, 5) is 27.7. The number of aromatic nitrogens is 2. The summed E-state index contributed by atoms with van der Waals surface area (Å²) in [7, 11) is 1.51. The molecular formula is C14H16N2O4. The molecular weight excluding hydrogens is 260 g/mol. The molecule has 0 aliphatic rings. The second-order valence-corrected chi connectivity index (χ2v) is 4.79. The second kappa shape index (κ2) is 5.32. The Labute approximate surface area is 115 Å². The molecule has 0 amide bonds. The molecule has 0 saturated heterocycles. The molecule has 0 spiro atoms. The number of aliphatic carboxylic acids is 1. The van der Waals surface area contributed by atoms with Crippen molar-refractivity contribution in [3.8, 4) is 5.75 Å². The predicted octanol–water partition coefficient (Wildman–Crippen LogP) is 1.61. The molecule has 2 rings (SSSR count). The number of ether oxygens (including phenoxy) is 1. The molecule has 0 radical (unpaired) electrons. The minimum absolute atomic E-state index is 0.0750. The highest BCUT2D eigenvalue weighted by atomic mass is 16.5. The molecule has 6 heteroatoms. The van der Waals surface area contributed by atoms with Gasteiger partial charge in [-0.2, -0.15) is 0 Å². The molecule has 0 bridgehead atoms. The molecule has 106 valence electrons. The van der Waals surface area contributed by atoms with Crippen LogP contribution >= 0.6 is 0 Å². The smallest absolute Gasteiger partial charge is 0.323 e. The van der Waals surface area contributed by atoms with E-state index in [4.69, 9.17) is 9.84 Å². The van der Waals surface area contributed by atoms with Crippen LogP contribution in [0.25, 0.3) is 11.0 Å². The number of carboxylic acid groups (broad SMARTS) is 1. The Bertz CT molecular complexity index is 719. The predicted molar refractivity (Wildman–Crippen MR) is 74.3 cm³/mol. The van der Waals surface area contributed by atoms with Crippen LogP contribution in [0.1, 0.15) is 25.5 Å². The van der Waals surface area contributed by atoms with Gasteiger partial charge in [-0.15, -0.1) is 0 Å². The Morgan fingerprint density at radius 3 is 2.70 bits per heavy atom. The lowest BCUT2D eigenvalue weighted by atomic mass is 10.1. The fourth-order valence-electron chi connectivity index (χ4n) is 2.03. The average molecular weight is 276 g/mol. The van der Waals surface area contributed by atoms with Gasteiger partial charge in [0.2, 0.25) is 0 Å². The van der Waals surface area contributed by atoms with Crippen molar-refractivity contribution in [3.05, 3.63) is 34.2 Å². The first-order valence-electron chi connectivity index (χ1n) is 6.24. The Hall–Kier alpha value is -2.37. The molecule has 0 fully saturated rings. The number of nitrogens with zero attached hydrogens (tertiary/aromatic N) is 2. The van der Waals surface area contributed by atoms with Gasteiger partial charge in [-0.1, -0.05) is 13.8 Å². The van der Waals surface area contributed by atoms with Crippen LogP contribution in [0, 0.1) is 0 Å². The van der Waals surface area contributed by atoms with E-state index in [9.17, 15) is 9.59 Å². The molecule has 0 aliphatic carbocycles. The molecule has 1 heterocycles. The van der Waals surface area contributed by atoms with Gasteiger partial charge in [0.15, 0.2) is 0 Å². The molecule has 0 unspecified atom stereocenters. The minimum atomic E-state index is -1.07. The zero-order valence-corrected chi connectivity index (χ0v) is 11.6. The highest BCUT2D eigenvalue weighted by Crippen LogP contribution is 2.20. The summed E-state index contributed by atoms with van der Waals surface area (Å²) in [5, 5.41) is 9.00. The van der Waals surface area contributed by atoms with Gasteiger partial charge in [-0.05, 0) is 12.1 Å². The number of hydrogen-bond acceptors (Lipinski definition) is 4. The van der Waals surface area contributed by atoms with E-state index in [1.54, 1.807) is 18.2 Å². The van der Waals surface area contributed by atoms with Gasteiger partial charge in [-0.3, -0.25) is 14.2 Å². The Balaban J connectivity index is 2.82. The van der Waals surface area contributed by atoms with Crippen molar-refractivity contribution in [2.75, 3.05) is 7.11 Å². The Morgan fingerprint density at radius 1 is 1.45 bits per heavy atom. The van der Waals surface area contributed by atoms with E-state index in [0.717, 1.165) is 0 Å². The summed E-state index contributed by atoms with van der Waals surface area (Å²) in [6.45, 7) is 3.30. The van der Waals surface area contributed by atoms with E-state index < -0.39 is 12.5 Å². The molecule has 0 saturated carbocycles. The molecule has 2 aromatic rings. The maximum atomic E-state index is 12.4. The largest absolute Gasteiger partial charge is 0.497 e. The van der Waals surface area contributed by atoms with Crippen LogP contribution < -0.4 is 10.3 Å². The van der Waals surface area contributed by atoms with Gasteiger partial charge in [0, 0.05) is 12.0 Å². The first kappa shape index (κ1) is 14.0. The molecule has 20 heavy (non-hydrogen) atoms. The van der Waals surface area contributed by atoms with Gasteiger partial charge >= 0.3 is 5.97 Å². The third-order valence-electron chi connectivity index (χ3n) is 3.02. The number of benzene rings is 1. The van der Waals surface area contributed by atoms with Crippen LogP contribution in [-0.2, 0) is 11.3 Å². The molecule has 1 N–H and O–H groups in total. The first-order valence-corrected chi connectivity index (χ1v) is 6.24. The van der Waals surface area contributed by atoms with Gasteiger partial charge in [0.25, 0.3) is 5.56 Å². The number of fused-ring (bicyclic) bond motifs is 1. The lowest BCUT2D eigenvalue weighted by Crippen LogP contribution is -2.29. The van der Waals surface area contributed by atoms with E-state index >= 15 is 0 Å². The third kappa shape index (κ3) is 2.49. The second-order valence-electron chi connectivity index (χ2n) is 4.79. The van der Waals surface area contributed by atoms with E-state index in [2.05, 4.69) is 4.98 Å². The summed E-state index contributed by atoms with van der Waals surface area (Å²) in [5.74, 6) is -0.596. The fourth-order valence-corrected chi connectivity index (χ4v) is 2.03. The highest BCUT2D eigenvalue weighted by Gasteiger charge is 2.15. The summed E-state index contributed by atoms with van der Waals surface area (Å²) in [6.07, 6.45) is 0. The van der Waals surface area contributed by atoms with Crippen LogP contribution in [0.15, 0.2) is 23.0 Å². The van der Waals surface area contributed by atoms with E-state index in [0.29, 0.717) is 22.5 Å². The topological polar surface area (TPSA) is 81.4 Å². The Morgan fingerprint density at radius 2 is 2.15 bits per heavy atom. The van der Waals surface area contributed by atoms with Gasteiger partial charge in [-0.25, -0.2) is 4.98 Å². The van der Waals surface area contributed by atoms with Crippen LogP contribution in [0.5, 0.6) is 5.75 Å². The standard InChI is InChI=1S/C14H16N2O4/c1-8(2)13-14(19)16(7-12(17)18)11-6-9(20-3)4-5-10(11)15-13/h4-6,8H,7H2,1-3H3,(H,17,18). The number of hydrogen-bond donors (Lipinski definition) is 1. The highest BCUT2D eigenvalue weighted by molar-refractivity contribution is 5.78. The summed E-state index contributed by atoms with van der Waals surface area (Å²) in [6, 6.07) is 5.07. The summed E-state index contributed by atoms with van der Waals surface area (Å²) < 4.78 is 6.33. The van der Waals surface area contributed by atoms with Crippen molar-refractivity contribution < 1.29 is 14.6 Å². The van der Waals surface area contributed by atoms with Crippen molar-refractivity contribution in [2.45, 2.75) is 26.3 Å². The van der Waals surface area contributed by atoms with E-state index in [1.807, 2.05) is 13.8 Å². The van der Waals surface area contributed by atoms with Crippen LogP contribution in [0.4, 0.5) is 0 Å². The molecule has 0 atom stereocenters. The van der Waals surface area contributed by atoms with Crippen LogP contribution in [0.3, 0.4) is 0 Å². The van der Waals surface area contributed by atoms with Crippen molar-refractivity contribution in [3.63, 3.8) is 0 Å². The molecule has 6 nitrogen and oxygen atoms in total. The van der Waals surface area contributed by atoms with Crippen molar-refractivity contribution in [1.82, 2.24) is 9.55 Å². The number of rotatable bonds is 4. The normalized spacial score (nSPS) is 11.0. The molecule has 0 aliphatic heterocycles.